The molecular formula is C17H15N3O2. The number of hydrogen-bond acceptors (Lipinski definition) is 3. The molecule has 3 rings (SSSR count). The summed E-state index contributed by atoms with van der Waals surface area (Å²) in [6, 6.07) is 17.9. The summed E-state index contributed by atoms with van der Waals surface area (Å²) in [4.78, 5) is 12.0. The van der Waals surface area contributed by atoms with Gasteiger partial charge in [0.15, 0.2) is 6.10 Å². The Morgan fingerprint density at radius 2 is 1.77 bits per heavy atom. The van der Waals surface area contributed by atoms with E-state index in [1.165, 1.54) is 0 Å². The minimum atomic E-state index is -1.19. The number of amides is 1. The van der Waals surface area contributed by atoms with Crippen LogP contribution in [0.2, 0.25) is 0 Å². The molecule has 0 aliphatic heterocycles. The summed E-state index contributed by atoms with van der Waals surface area (Å²) in [7, 11) is 0. The highest BCUT2D eigenvalue weighted by molar-refractivity contribution is 5.94. The third kappa shape index (κ3) is 3.05. The minimum absolute atomic E-state index is 0.460. The predicted molar refractivity (Wildman–Crippen MR) is 83.6 cm³/mol. The zero-order valence-electron chi connectivity index (χ0n) is 11.8. The van der Waals surface area contributed by atoms with Gasteiger partial charge in [-0.3, -0.25) is 4.79 Å². The Kier molecular flexibility index (Phi) is 3.98. The first kappa shape index (κ1) is 14.0. The lowest BCUT2D eigenvalue weighted by atomic mass is 10.1. The fourth-order valence-corrected chi connectivity index (χ4v) is 2.12. The van der Waals surface area contributed by atoms with E-state index in [4.69, 9.17) is 0 Å². The molecule has 5 heteroatoms. The summed E-state index contributed by atoms with van der Waals surface area (Å²) < 4.78 is 1.73. The van der Waals surface area contributed by atoms with Crippen molar-refractivity contribution in [2.45, 2.75) is 6.10 Å². The molecule has 3 aromatic rings. The number of aliphatic hydroxyl groups is 1. The van der Waals surface area contributed by atoms with Crippen LogP contribution in [0.4, 0.5) is 5.69 Å². The van der Waals surface area contributed by atoms with E-state index in [9.17, 15) is 9.90 Å². The van der Waals surface area contributed by atoms with Gasteiger partial charge in [0.2, 0.25) is 0 Å². The molecule has 0 unspecified atom stereocenters. The number of nitrogens with zero attached hydrogens (tertiary/aromatic N) is 2. The normalized spacial score (nSPS) is 11.9. The van der Waals surface area contributed by atoms with Crippen molar-refractivity contribution in [3.05, 3.63) is 78.6 Å². The number of anilines is 1. The number of benzene rings is 2. The van der Waals surface area contributed by atoms with E-state index in [2.05, 4.69) is 10.4 Å². The Bertz CT molecular complexity index is 737. The topological polar surface area (TPSA) is 67.2 Å². The van der Waals surface area contributed by atoms with Crippen LogP contribution in [0, 0.1) is 0 Å². The third-order valence-corrected chi connectivity index (χ3v) is 3.27. The molecule has 1 heterocycles. The van der Waals surface area contributed by atoms with Crippen LogP contribution in [0.15, 0.2) is 73.1 Å². The van der Waals surface area contributed by atoms with E-state index in [0.29, 0.717) is 11.3 Å². The standard InChI is InChI=1S/C17H15N3O2/c21-16(13-5-2-1-3-6-13)17(22)19-14-7-9-15(10-8-14)20-12-4-11-18-20/h1-12,16,21H,(H,19,22)/t16-/m1/s1. The van der Waals surface area contributed by atoms with Gasteiger partial charge in [-0.1, -0.05) is 30.3 Å². The molecule has 22 heavy (non-hydrogen) atoms. The van der Waals surface area contributed by atoms with E-state index in [0.717, 1.165) is 5.69 Å². The van der Waals surface area contributed by atoms with Gasteiger partial charge >= 0.3 is 0 Å². The second kappa shape index (κ2) is 6.24. The average Bonchev–Trinajstić information content (AvgIpc) is 3.10. The van der Waals surface area contributed by atoms with Crippen molar-refractivity contribution in [2.24, 2.45) is 0 Å². The maximum Gasteiger partial charge on any atom is 0.257 e. The molecule has 1 aromatic heterocycles. The number of hydrogen-bond donors (Lipinski definition) is 2. The molecule has 0 spiro atoms. The maximum absolute atomic E-state index is 12.0. The first-order valence-electron chi connectivity index (χ1n) is 6.88. The van der Waals surface area contributed by atoms with Crippen LogP contribution >= 0.6 is 0 Å². The molecule has 1 amide bonds. The third-order valence-electron chi connectivity index (χ3n) is 3.27. The summed E-state index contributed by atoms with van der Waals surface area (Å²) in [6.45, 7) is 0. The number of aromatic nitrogens is 2. The van der Waals surface area contributed by atoms with Gasteiger partial charge in [0.25, 0.3) is 5.91 Å². The van der Waals surface area contributed by atoms with Gasteiger partial charge < -0.3 is 10.4 Å². The maximum atomic E-state index is 12.0. The number of rotatable bonds is 4. The summed E-state index contributed by atoms with van der Waals surface area (Å²) in [5.41, 5.74) is 2.08. The van der Waals surface area contributed by atoms with Gasteiger partial charge in [0.05, 0.1) is 5.69 Å². The number of carbonyl (C=O) groups is 1. The van der Waals surface area contributed by atoms with Crippen LogP contribution in [0.3, 0.4) is 0 Å². The van der Waals surface area contributed by atoms with Gasteiger partial charge in [-0.05, 0) is 35.9 Å². The number of nitrogens with one attached hydrogen (secondary N) is 1. The van der Waals surface area contributed by atoms with Gasteiger partial charge in [-0.25, -0.2) is 4.68 Å². The second-order valence-corrected chi connectivity index (χ2v) is 4.80. The lowest BCUT2D eigenvalue weighted by Crippen LogP contribution is -2.20. The average molecular weight is 293 g/mol. The van der Waals surface area contributed by atoms with Crippen molar-refractivity contribution in [1.82, 2.24) is 9.78 Å². The van der Waals surface area contributed by atoms with E-state index >= 15 is 0 Å². The lowest BCUT2D eigenvalue weighted by molar-refractivity contribution is -0.124. The molecule has 110 valence electrons. The monoisotopic (exact) mass is 293 g/mol. The largest absolute Gasteiger partial charge is 0.378 e. The smallest absolute Gasteiger partial charge is 0.257 e. The highest BCUT2D eigenvalue weighted by atomic mass is 16.3. The minimum Gasteiger partial charge on any atom is -0.378 e. The molecule has 2 aromatic carbocycles. The van der Waals surface area contributed by atoms with Gasteiger partial charge in [-0.2, -0.15) is 5.10 Å². The first-order chi connectivity index (χ1) is 10.7. The van der Waals surface area contributed by atoms with Crippen LogP contribution in [0.5, 0.6) is 0 Å². The summed E-state index contributed by atoms with van der Waals surface area (Å²) in [5, 5.41) is 16.9. The van der Waals surface area contributed by atoms with Gasteiger partial charge in [0, 0.05) is 18.1 Å². The molecule has 0 fully saturated rings. The van der Waals surface area contributed by atoms with E-state index in [1.54, 1.807) is 47.3 Å². The van der Waals surface area contributed by atoms with Crippen molar-refractivity contribution in [1.29, 1.82) is 0 Å². The molecule has 0 radical (unpaired) electrons. The Labute approximate surface area is 127 Å². The summed E-state index contributed by atoms with van der Waals surface area (Å²) in [5.74, 6) is -0.460. The van der Waals surface area contributed by atoms with Crippen LogP contribution in [0.25, 0.3) is 5.69 Å². The van der Waals surface area contributed by atoms with Crippen LogP contribution < -0.4 is 5.32 Å². The molecule has 2 N–H and O–H groups in total. The van der Waals surface area contributed by atoms with Crippen molar-refractivity contribution in [2.75, 3.05) is 5.32 Å². The molecule has 5 nitrogen and oxygen atoms in total. The fraction of sp³-hybridized carbons (Fsp3) is 0.0588. The number of aliphatic hydroxyl groups excluding tert-OH is 1. The molecule has 0 aliphatic carbocycles. The van der Waals surface area contributed by atoms with Crippen molar-refractivity contribution in [3.63, 3.8) is 0 Å². The molecule has 0 bridgehead atoms. The SMILES string of the molecule is O=C(Nc1ccc(-n2cccn2)cc1)[C@H](O)c1ccccc1. The van der Waals surface area contributed by atoms with Gasteiger partial charge in [0.1, 0.15) is 0 Å². The summed E-state index contributed by atoms with van der Waals surface area (Å²) in [6.07, 6.45) is 2.35. The van der Waals surface area contributed by atoms with E-state index in [1.807, 2.05) is 30.5 Å². The predicted octanol–water partition coefficient (Wildman–Crippen LogP) is 2.54. The fourth-order valence-electron chi connectivity index (χ4n) is 2.12. The van der Waals surface area contributed by atoms with E-state index < -0.39 is 12.0 Å². The van der Waals surface area contributed by atoms with Crippen molar-refractivity contribution in [3.8, 4) is 5.69 Å². The van der Waals surface area contributed by atoms with Crippen LogP contribution in [0.1, 0.15) is 11.7 Å². The van der Waals surface area contributed by atoms with E-state index in [-0.39, 0.29) is 0 Å². The lowest BCUT2D eigenvalue weighted by Gasteiger charge is -2.12. The van der Waals surface area contributed by atoms with Crippen LogP contribution in [-0.2, 0) is 4.79 Å². The first-order valence-corrected chi connectivity index (χ1v) is 6.88. The molecule has 0 aliphatic rings. The highest BCUT2D eigenvalue weighted by Crippen LogP contribution is 2.17. The molecule has 0 saturated heterocycles. The van der Waals surface area contributed by atoms with Gasteiger partial charge in [-0.15, -0.1) is 0 Å². The van der Waals surface area contributed by atoms with Crippen LogP contribution in [-0.4, -0.2) is 20.8 Å². The second-order valence-electron chi connectivity index (χ2n) is 4.80. The zero-order chi connectivity index (χ0) is 15.4. The summed E-state index contributed by atoms with van der Waals surface area (Å²) >= 11 is 0. The quantitative estimate of drug-likeness (QED) is 0.777. The number of carbonyl (C=O) groups excluding carboxylic acids is 1. The Morgan fingerprint density at radius 3 is 2.41 bits per heavy atom. The van der Waals surface area contributed by atoms with Crippen molar-refractivity contribution < 1.29 is 9.90 Å². The zero-order valence-corrected chi connectivity index (χ0v) is 11.8. The Balaban J connectivity index is 1.69. The molecule has 1 atom stereocenters. The van der Waals surface area contributed by atoms with Crippen molar-refractivity contribution >= 4 is 11.6 Å². The molecular weight excluding hydrogens is 278 g/mol. The Hall–Kier alpha value is -2.92. The molecule has 0 saturated carbocycles. The highest BCUT2D eigenvalue weighted by Gasteiger charge is 2.16. The Morgan fingerprint density at radius 1 is 1.05 bits per heavy atom.